The number of benzene rings is 2. The summed E-state index contributed by atoms with van der Waals surface area (Å²) in [7, 11) is -3.66. The van der Waals surface area contributed by atoms with Crippen molar-refractivity contribution in [2.75, 3.05) is 0 Å². The normalized spacial score (nSPS) is 12.9. The zero-order chi connectivity index (χ0) is 21.9. The Kier molecular flexibility index (Phi) is 6.63. The average Bonchev–Trinajstić information content (AvgIpc) is 3.12. The van der Waals surface area contributed by atoms with E-state index < -0.39 is 16.1 Å². The number of aryl methyl sites for hydroxylation is 1. The molecule has 6 nitrogen and oxygen atoms in total. The highest BCUT2D eigenvalue weighted by molar-refractivity contribution is 7.89. The summed E-state index contributed by atoms with van der Waals surface area (Å²) in [6.45, 7) is 10.5. The Morgan fingerprint density at radius 1 is 1.03 bits per heavy atom. The van der Waals surface area contributed by atoms with Gasteiger partial charge in [-0.3, -0.25) is 4.57 Å². The number of ether oxygens (including phenoxy) is 1. The van der Waals surface area contributed by atoms with E-state index in [2.05, 4.69) is 23.6 Å². The molecule has 30 heavy (non-hydrogen) atoms. The van der Waals surface area contributed by atoms with Gasteiger partial charge in [0, 0.05) is 6.54 Å². The van der Waals surface area contributed by atoms with Gasteiger partial charge in [0.1, 0.15) is 5.75 Å². The molecule has 0 aliphatic rings. The lowest BCUT2D eigenvalue weighted by molar-refractivity contribution is 0.408. The smallest absolute Gasteiger partial charge is 0.302 e. The standard InChI is InChI=1S/C23H29N3O3S/c1-6-26-22(15-24-23(26)29-20-11-7-17(4)8-12-20)18(5)25-30(27,28)21-13-9-19(10-14-21)16(2)3/h7-16,18,25H,6H2,1-5H3. The maximum absolute atomic E-state index is 12.9. The minimum atomic E-state index is -3.66. The van der Waals surface area contributed by atoms with Crippen molar-refractivity contribution < 1.29 is 13.2 Å². The van der Waals surface area contributed by atoms with Gasteiger partial charge in [0.15, 0.2) is 0 Å². The molecule has 0 amide bonds. The van der Waals surface area contributed by atoms with Crippen LogP contribution in [0.3, 0.4) is 0 Å². The van der Waals surface area contributed by atoms with Gasteiger partial charge in [-0.2, -0.15) is 0 Å². The molecule has 7 heteroatoms. The molecule has 0 aliphatic carbocycles. The van der Waals surface area contributed by atoms with Crippen LogP contribution in [0, 0.1) is 6.92 Å². The molecular formula is C23H29N3O3S. The number of nitrogens with one attached hydrogen (secondary N) is 1. The predicted molar refractivity (Wildman–Crippen MR) is 118 cm³/mol. The molecule has 1 atom stereocenters. The molecule has 160 valence electrons. The van der Waals surface area contributed by atoms with Gasteiger partial charge in [-0.15, -0.1) is 0 Å². The zero-order valence-corrected chi connectivity index (χ0v) is 18.9. The van der Waals surface area contributed by atoms with Crippen molar-refractivity contribution in [1.82, 2.24) is 14.3 Å². The minimum absolute atomic E-state index is 0.248. The number of sulfonamides is 1. The van der Waals surface area contributed by atoms with Crippen LogP contribution in [0.2, 0.25) is 0 Å². The maximum Gasteiger partial charge on any atom is 0.302 e. The first-order valence-electron chi connectivity index (χ1n) is 10.1. The summed E-state index contributed by atoms with van der Waals surface area (Å²) in [5, 5.41) is 0. The first kappa shape index (κ1) is 22.1. The summed E-state index contributed by atoms with van der Waals surface area (Å²) in [5.74, 6) is 1.03. The SMILES string of the molecule is CCn1c(C(C)NS(=O)(=O)c2ccc(C(C)C)cc2)cnc1Oc1ccc(C)cc1. The molecule has 1 aromatic heterocycles. The zero-order valence-electron chi connectivity index (χ0n) is 18.1. The van der Waals surface area contributed by atoms with Gasteiger partial charge in [-0.1, -0.05) is 43.7 Å². The van der Waals surface area contributed by atoms with Crippen LogP contribution in [-0.4, -0.2) is 18.0 Å². The van der Waals surface area contributed by atoms with E-state index in [1.807, 2.05) is 54.8 Å². The fourth-order valence-electron chi connectivity index (χ4n) is 3.22. The van der Waals surface area contributed by atoms with Crippen LogP contribution in [0.5, 0.6) is 11.8 Å². The van der Waals surface area contributed by atoms with E-state index in [0.717, 1.165) is 16.8 Å². The average molecular weight is 428 g/mol. The fraction of sp³-hybridized carbons (Fsp3) is 0.348. The summed E-state index contributed by atoms with van der Waals surface area (Å²) < 4.78 is 36.2. The second-order valence-electron chi connectivity index (χ2n) is 7.69. The molecule has 0 aliphatic heterocycles. The van der Waals surface area contributed by atoms with Gasteiger partial charge in [0.25, 0.3) is 0 Å². The highest BCUT2D eigenvalue weighted by atomic mass is 32.2. The van der Waals surface area contributed by atoms with Gasteiger partial charge in [0.2, 0.25) is 10.0 Å². The van der Waals surface area contributed by atoms with Gasteiger partial charge >= 0.3 is 6.01 Å². The summed E-state index contributed by atoms with van der Waals surface area (Å²) in [5.41, 5.74) is 2.98. The first-order valence-corrected chi connectivity index (χ1v) is 11.6. The lowest BCUT2D eigenvalue weighted by Crippen LogP contribution is -2.28. The number of hydrogen-bond donors (Lipinski definition) is 1. The summed E-state index contributed by atoms with van der Waals surface area (Å²) in [6, 6.07) is 14.7. The van der Waals surface area contributed by atoms with E-state index in [9.17, 15) is 8.42 Å². The maximum atomic E-state index is 12.9. The van der Waals surface area contributed by atoms with E-state index in [4.69, 9.17) is 4.74 Å². The van der Waals surface area contributed by atoms with Crippen molar-refractivity contribution in [2.45, 2.75) is 58.0 Å². The van der Waals surface area contributed by atoms with Crippen molar-refractivity contribution in [3.8, 4) is 11.8 Å². The number of nitrogens with zero attached hydrogens (tertiary/aromatic N) is 2. The Hall–Kier alpha value is -2.64. The van der Waals surface area contributed by atoms with Crippen molar-refractivity contribution in [1.29, 1.82) is 0 Å². The number of rotatable bonds is 8. The van der Waals surface area contributed by atoms with Gasteiger partial charge in [0.05, 0.1) is 22.8 Å². The molecule has 0 bridgehead atoms. The van der Waals surface area contributed by atoms with Gasteiger partial charge < -0.3 is 4.74 Å². The lowest BCUT2D eigenvalue weighted by Gasteiger charge is -2.17. The molecule has 1 heterocycles. The summed E-state index contributed by atoms with van der Waals surface area (Å²) in [6.07, 6.45) is 1.65. The molecule has 0 spiro atoms. The van der Waals surface area contributed by atoms with E-state index in [0.29, 0.717) is 24.2 Å². The second kappa shape index (κ2) is 9.02. The molecule has 1 unspecified atom stereocenters. The van der Waals surface area contributed by atoms with Crippen LogP contribution < -0.4 is 9.46 Å². The lowest BCUT2D eigenvalue weighted by atomic mass is 10.0. The van der Waals surface area contributed by atoms with E-state index >= 15 is 0 Å². The van der Waals surface area contributed by atoms with Crippen molar-refractivity contribution >= 4 is 10.0 Å². The molecule has 0 saturated carbocycles. The predicted octanol–water partition coefficient (Wildman–Crippen LogP) is 5.17. The van der Waals surface area contributed by atoms with Crippen LogP contribution in [0.25, 0.3) is 0 Å². The molecule has 1 N–H and O–H groups in total. The number of hydrogen-bond acceptors (Lipinski definition) is 4. The Morgan fingerprint density at radius 3 is 2.23 bits per heavy atom. The molecule has 2 aromatic carbocycles. The van der Waals surface area contributed by atoms with Crippen molar-refractivity contribution in [3.63, 3.8) is 0 Å². The van der Waals surface area contributed by atoms with Crippen molar-refractivity contribution in [3.05, 3.63) is 71.5 Å². The Bertz CT molecular complexity index is 1090. The highest BCUT2D eigenvalue weighted by Crippen LogP contribution is 2.26. The van der Waals surface area contributed by atoms with Crippen molar-refractivity contribution in [2.24, 2.45) is 0 Å². The van der Waals surface area contributed by atoms with Gasteiger partial charge in [-0.25, -0.2) is 18.1 Å². The first-order chi connectivity index (χ1) is 14.2. The Labute approximate surface area is 179 Å². The largest absolute Gasteiger partial charge is 0.426 e. The highest BCUT2D eigenvalue weighted by Gasteiger charge is 2.22. The fourth-order valence-corrected chi connectivity index (χ4v) is 4.44. The Morgan fingerprint density at radius 2 is 1.67 bits per heavy atom. The molecule has 3 aromatic rings. The molecule has 0 saturated heterocycles. The van der Waals surface area contributed by atoms with E-state index in [-0.39, 0.29) is 4.90 Å². The van der Waals surface area contributed by atoms with Crippen LogP contribution >= 0.6 is 0 Å². The van der Waals surface area contributed by atoms with Crippen LogP contribution in [-0.2, 0) is 16.6 Å². The molecular weight excluding hydrogens is 398 g/mol. The summed E-state index contributed by atoms with van der Waals surface area (Å²) in [4.78, 5) is 4.61. The van der Waals surface area contributed by atoms with E-state index in [1.165, 1.54) is 0 Å². The third-order valence-corrected chi connectivity index (χ3v) is 6.59. The quantitative estimate of drug-likeness (QED) is 0.538. The van der Waals surface area contributed by atoms with E-state index in [1.54, 1.807) is 25.3 Å². The van der Waals surface area contributed by atoms with Crippen LogP contribution in [0.4, 0.5) is 0 Å². The molecule has 3 rings (SSSR count). The minimum Gasteiger partial charge on any atom is -0.426 e. The molecule has 0 radical (unpaired) electrons. The number of imidazole rings is 1. The third kappa shape index (κ3) is 4.91. The second-order valence-corrected chi connectivity index (χ2v) is 9.41. The van der Waals surface area contributed by atoms with Crippen LogP contribution in [0.1, 0.15) is 56.5 Å². The summed E-state index contributed by atoms with van der Waals surface area (Å²) >= 11 is 0. The monoisotopic (exact) mass is 427 g/mol. The molecule has 0 fully saturated rings. The van der Waals surface area contributed by atoms with Gasteiger partial charge in [-0.05, 0) is 56.5 Å². The third-order valence-electron chi connectivity index (χ3n) is 5.03. The Balaban J connectivity index is 1.79. The number of aromatic nitrogens is 2. The van der Waals surface area contributed by atoms with Crippen LogP contribution in [0.15, 0.2) is 59.6 Å². The topological polar surface area (TPSA) is 73.2 Å².